The largest absolute Gasteiger partial charge is 0.498 e. The molecule has 0 aromatic heterocycles. The first-order valence-electron chi connectivity index (χ1n) is 4.81. The van der Waals surface area contributed by atoms with Crippen molar-refractivity contribution in [3.8, 4) is 0 Å². The van der Waals surface area contributed by atoms with Crippen LogP contribution in [0.2, 0.25) is 0 Å². The molecular weight excluding hydrogens is 200 g/mol. The number of aliphatic hydroxyl groups excluding tert-OH is 1. The van der Waals surface area contributed by atoms with Gasteiger partial charge < -0.3 is 19.3 Å². The summed E-state index contributed by atoms with van der Waals surface area (Å²) in [6.45, 7) is 1.48. The third-order valence-electron chi connectivity index (χ3n) is 2.32. The van der Waals surface area contributed by atoms with Gasteiger partial charge >= 0.3 is 5.97 Å². The molecule has 15 heavy (non-hydrogen) atoms. The van der Waals surface area contributed by atoms with E-state index in [2.05, 4.69) is 0 Å². The Morgan fingerprint density at radius 1 is 1.73 bits per heavy atom. The number of rotatable bonds is 4. The molecule has 1 heterocycles. The summed E-state index contributed by atoms with van der Waals surface area (Å²) in [4.78, 5) is 11.5. The minimum absolute atomic E-state index is 0.00136. The van der Waals surface area contributed by atoms with Crippen molar-refractivity contribution in [1.82, 2.24) is 0 Å². The number of carbonyl (C=O) groups excluding carboxylic acids is 1. The highest BCUT2D eigenvalue weighted by molar-refractivity contribution is 5.79. The lowest BCUT2D eigenvalue weighted by Crippen LogP contribution is -2.41. The molecule has 0 spiro atoms. The standard InChI is InChI=1S/C10H16O5/c1-10(9(12)14-6-5-11)4-3-8(13-2)7-15-10/h7,11H,3-6H2,1-2H3. The highest BCUT2D eigenvalue weighted by Crippen LogP contribution is 2.28. The van der Waals surface area contributed by atoms with Crippen LogP contribution in [0.4, 0.5) is 0 Å². The smallest absolute Gasteiger partial charge is 0.350 e. The normalized spacial score (nSPS) is 25.1. The van der Waals surface area contributed by atoms with Gasteiger partial charge in [0.05, 0.1) is 13.7 Å². The molecule has 5 nitrogen and oxygen atoms in total. The average molecular weight is 216 g/mol. The highest BCUT2D eigenvalue weighted by Gasteiger charge is 2.38. The van der Waals surface area contributed by atoms with Crippen LogP contribution in [0, 0.1) is 0 Å². The van der Waals surface area contributed by atoms with Gasteiger partial charge in [-0.05, 0) is 6.92 Å². The van der Waals surface area contributed by atoms with Crippen molar-refractivity contribution >= 4 is 5.97 Å². The van der Waals surface area contributed by atoms with E-state index in [9.17, 15) is 4.79 Å². The maximum atomic E-state index is 11.5. The van der Waals surface area contributed by atoms with E-state index < -0.39 is 11.6 Å². The fourth-order valence-corrected chi connectivity index (χ4v) is 1.27. The van der Waals surface area contributed by atoms with Crippen molar-refractivity contribution in [2.45, 2.75) is 25.4 Å². The maximum Gasteiger partial charge on any atom is 0.350 e. The molecule has 1 N–H and O–H groups in total. The molecule has 1 atom stereocenters. The topological polar surface area (TPSA) is 65.0 Å². The minimum atomic E-state index is -0.961. The second kappa shape index (κ2) is 5.02. The van der Waals surface area contributed by atoms with Gasteiger partial charge in [0.15, 0.2) is 0 Å². The Bertz CT molecular complexity index is 261. The van der Waals surface area contributed by atoms with Crippen molar-refractivity contribution in [2.75, 3.05) is 20.3 Å². The van der Waals surface area contributed by atoms with Gasteiger partial charge in [0.25, 0.3) is 0 Å². The molecule has 0 bridgehead atoms. The average Bonchev–Trinajstić information content (AvgIpc) is 2.27. The Hall–Kier alpha value is -1.23. The third-order valence-corrected chi connectivity index (χ3v) is 2.32. The predicted octanol–water partition coefficient (Wildman–Crippen LogP) is 0.579. The van der Waals surface area contributed by atoms with Gasteiger partial charge in [-0.25, -0.2) is 4.79 Å². The summed E-state index contributed by atoms with van der Waals surface area (Å²) in [5, 5.41) is 8.53. The van der Waals surface area contributed by atoms with E-state index in [0.717, 1.165) is 0 Å². The van der Waals surface area contributed by atoms with Gasteiger partial charge in [0, 0.05) is 12.8 Å². The van der Waals surface area contributed by atoms with Crippen LogP contribution in [0.15, 0.2) is 12.0 Å². The molecule has 1 aliphatic heterocycles. The molecular formula is C10H16O5. The van der Waals surface area contributed by atoms with Gasteiger partial charge in [0.1, 0.15) is 18.6 Å². The second-order valence-corrected chi connectivity index (χ2v) is 3.50. The molecule has 0 fully saturated rings. The summed E-state index contributed by atoms with van der Waals surface area (Å²) in [5.41, 5.74) is -0.961. The zero-order valence-corrected chi connectivity index (χ0v) is 8.99. The Labute approximate surface area is 88.6 Å². The van der Waals surface area contributed by atoms with Gasteiger partial charge in [0.2, 0.25) is 5.60 Å². The predicted molar refractivity (Wildman–Crippen MR) is 51.9 cm³/mol. The highest BCUT2D eigenvalue weighted by atomic mass is 16.6. The van der Waals surface area contributed by atoms with Crippen LogP contribution >= 0.6 is 0 Å². The quantitative estimate of drug-likeness (QED) is 0.696. The van der Waals surface area contributed by atoms with Crippen LogP contribution in [0.5, 0.6) is 0 Å². The van der Waals surface area contributed by atoms with Crippen LogP contribution in [-0.4, -0.2) is 37.0 Å². The van der Waals surface area contributed by atoms with Crippen LogP contribution in [0.1, 0.15) is 19.8 Å². The zero-order chi connectivity index (χ0) is 11.3. The van der Waals surface area contributed by atoms with Gasteiger partial charge in [-0.3, -0.25) is 0 Å². The molecule has 1 rings (SSSR count). The number of carbonyl (C=O) groups is 1. The molecule has 0 saturated heterocycles. The molecule has 0 aliphatic carbocycles. The SMILES string of the molecule is COC1=COC(C)(C(=O)OCCO)CC1. The molecule has 0 saturated carbocycles. The van der Waals surface area contributed by atoms with Crippen LogP contribution in [0.25, 0.3) is 0 Å². The van der Waals surface area contributed by atoms with Crippen LogP contribution in [-0.2, 0) is 19.0 Å². The number of methoxy groups -OCH3 is 1. The number of hydrogen-bond acceptors (Lipinski definition) is 5. The number of aliphatic hydroxyl groups is 1. The van der Waals surface area contributed by atoms with Crippen LogP contribution in [0.3, 0.4) is 0 Å². The summed E-state index contributed by atoms with van der Waals surface area (Å²) in [7, 11) is 1.56. The molecule has 5 heteroatoms. The third kappa shape index (κ3) is 2.86. The van der Waals surface area contributed by atoms with E-state index in [4.69, 9.17) is 19.3 Å². The molecule has 1 unspecified atom stereocenters. The van der Waals surface area contributed by atoms with Crippen molar-refractivity contribution in [1.29, 1.82) is 0 Å². The van der Waals surface area contributed by atoms with E-state index in [-0.39, 0.29) is 13.2 Å². The number of allylic oxidation sites excluding steroid dienone is 1. The fourth-order valence-electron chi connectivity index (χ4n) is 1.27. The van der Waals surface area contributed by atoms with E-state index in [1.54, 1.807) is 14.0 Å². The number of esters is 1. The van der Waals surface area contributed by atoms with Crippen molar-refractivity contribution in [2.24, 2.45) is 0 Å². The van der Waals surface area contributed by atoms with E-state index in [1.807, 2.05) is 0 Å². The summed E-state index contributed by atoms with van der Waals surface area (Å²) >= 11 is 0. The molecule has 0 aromatic carbocycles. The number of hydrogen-bond donors (Lipinski definition) is 1. The first-order valence-corrected chi connectivity index (χ1v) is 4.81. The number of ether oxygens (including phenoxy) is 3. The monoisotopic (exact) mass is 216 g/mol. The van der Waals surface area contributed by atoms with Gasteiger partial charge in [-0.2, -0.15) is 0 Å². The van der Waals surface area contributed by atoms with E-state index >= 15 is 0 Å². The van der Waals surface area contributed by atoms with E-state index in [1.165, 1.54) is 6.26 Å². The second-order valence-electron chi connectivity index (χ2n) is 3.50. The summed E-state index contributed by atoms with van der Waals surface area (Å²) in [6, 6.07) is 0. The first kappa shape index (κ1) is 11.8. The summed E-state index contributed by atoms with van der Waals surface area (Å²) in [5.74, 6) is 0.255. The van der Waals surface area contributed by atoms with Gasteiger partial charge in [-0.1, -0.05) is 0 Å². The summed E-state index contributed by atoms with van der Waals surface area (Å²) in [6.07, 6.45) is 2.59. The van der Waals surface area contributed by atoms with Crippen LogP contribution < -0.4 is 0 Å². The van der Waals surface area contributed by atoms with Crippen molar-refractivity contribution < 1.29 is 24.1 Å². The van der Waals surface area contributed by atoms with Crippen molar-refractivity contribution in [3.63, 3.8) is 0 Å². The maximum absolute atomic E-state index is 11.5. The Morgan fingerprint density at radius 3 is 2.93 bits per heavy atom. The molecule has 0 radical (unpaired) electrons. The Morgan fingerprint density at radius 2 is 2.47 bits per heavy atom. The van der Waals surface area contributed by atoms with Crippen molar-refractivity contribution in [3.05, 3.63) is 12.0 Å². The van der Waals surface area contributed by atoms with Gasteiger partial charge in [-0.15, -0.1) is 0 Å². The van der Waals surface area contributed by atoms with E-state index in [0.29, 0.717) is 18.6 Å². The summed E-state index contributed by atoms with van der Waals surface area (Å²) < 4.78 is 15.1. The molecule has 86 valence electrons. The first-order chi connectivity index (χ1) is 7.12. The zero-order valence-electron chi connectivity index (χ0n) is 8.99. The lowest BCUT2D eigenvalue weighted by atomic mass is 9.97. The Balaban J connectivity index is 2.54. The lowest BCUT2D eigenvalue weighted by Gasteiger charge is -2.30. The lowest BCUT2D eigenvalue weighted by molar-refractivity contribution is -0.167. The molecule has 1 aliphatic rings. The minimum Gasteiger partial charge on any atom is -0.498 e. The molecule has 0 amide bonds. The fraction of sp³-hybridized carbons (Fsp3) is 0.700. The molecule has 0 aromatic rings. The Kier molecular flexibility index (Phi) is 3.96.